The van der Waals surface area contributed by atoms with Crippen LogP contribution in [0.3, 0.4) is 0 Å². The number of nitrogens with zero attached hydrogens (tertiary/aromatic N) is 4. The molecule has 6 nitrogen and oxygen atoms in total. The third kappa shape index (κ3) is 4.93. The number of amides is 2. The molecule has 28 heavy (non-hydrogen) atoms. The predicted molar refractivity (Wildman–Crippen MR) is 110 cm³/mol. The van der Waals surface area contributed by atoms with Gasteiger partial charge in [-0.3, -0.25) is 0 Å². The summed E-state index contributed by atoms with van der Waals surface area (Å²) in [5.41, 5.74) is 1.31. The zero-order chi connectivity index (χ0) is 19.2. The first-order chi connectivity index (χ1) is 13.8. The van der Waals surface area contributed by atoms with E-state index in [9.17, 15) is 4.79 Å². The van der Waals surface area contributed by atoms with Crippen LogP contribution in [0.15, 0.2) is 42.7 Å². The van der Waals surface area contributed by atoms with Crippen molar-refractivity contribution in [2.24, 2.45) is 5.92 Å². The maximum Gasteiger partial charge on any atom is 0.317 e. The van der Waals surface area contributed by atoms with Crippen LogP contribution in [-0.2, 0) is 19.5 Å². The number of benzene rings is 1. The average molecular weight is 382 g/mol. The van der Waals surface area contributed by atoms with Crippen molar-refractivity contribution in [1.29, 1.82) is 0 Å². The average Bonchev–Trinajstić information content (AvgIpc) is 3.48. The van der Waals surface area contributed by atoms with Gasteiger partial charge in [-0.15, -0.1) is 0 Å². The number of nitrogens with one attached hydrogen (secondary N) is 1. The van der Waals surface area contributed by atoms with Gasteiger partial charge in [0.15, 0.2) is 0 Å². The molecule has 0 aliphatic carbocycles. The van der Waals surface area contributed by atoms with E-state index < -0.39 is 0 Å². The summed E-state index contributed by atoms with van der Waals surface area (Å²) < 4.78 is 2.13. The van der Waals surface area contributed by atoms with Crippen molar-refractivity contribution in [3.05, 3.63) is 54.1 Å². The van der Waals surface area contributed by atoms with Gasteiger partial charge in [0.2, 0.25) is 0 Å². The fourth-order valence-electron chi connectivity index (χ4n) is 4.37. The third-order valence-corrected chi connectivity index (χ3v) is 5.97. The number of aryl methyl sites for hydroxylation is 2. The molecule has 2 aliphatic rings. The van der Waals surface area contributed by atoms with Gasteiger partial charge < -0.3 is 19.7 Å². The Morgan fingerprint density at radius 2 is 1.96 bits per heavy atom. The molecule has 2 fully saturated rings. The van der Waals surface area contributed by atoms with Gasteiger partial charge >= 0.3 is 6.03 Å². The number of hydrogen-bond acceptors (Lipinski definition) is 3. The summed E-state index contributed by atoms with van der Waals surface area (Å²) in [7, 11) is 0. The molecule has 3 heterocycles. The molecule has 1 aromatic heterocycles. The molecule has 6 heteroatoms. The van der Waals surface area contributed by atoms with Crippen molar-refractivity contribution >= 4 is 6.03 Å². The van der Waals surface area contributed by atoms with Crippen LogP contribution in [-0.4, -0.2) is 58.1 Å². The van der Waals surface area contributed by atoms with Crippen LogP contribution in [0.25, 0.3) is 0 Å². The summed E-state index contributed by atoms with van der Waals surface area (Å²) >= 11 is 0. The van der Waals surface area contributed by atoms with Crippen LogP contribution in [0.4, 0.5) is 4.79 Å². The highest BCUT2D eigenvalue weighted by Gasteiger charge is 2.28. The topological polar surface area (TPSA) is 53.4 Å². The monoisotopic (exact) mass is 381 g/mol. The maximum absolute atomic E-state index is 12.6. The fraction of sp³-hybridized carbons (Fsp3) is 0.545. The zero-order valence-corrected chi connectivity index (χ0v) is 16.6. The number of carbonyl (C=O) groups excluding carboxylic acids is 1. The standard InChI is InChI=1S/C22H31N5O/c28-22(27-14-9-20(18-27)17-25-11-4-5-12-25)24-16-21-23-10-15-26(21)13-8-19-6-2-1-3-7-19/h1-3,6-7,10,15,20H,4-5,8-9,11-14,16-18H2,(H,24,28). The Morgan fingerprint density at radius 1 is 1.14 bits per heavy atom. The number of aromatic nitrogens is 2. The van der Waals surface area contributed by atoms with E-state index in [0.717, 1.165) is 44.8 Å². The first-order valence-corrected chi connectivity index (χ1v) is 10.6. The van der Waals surface area contributed by atoms with Crippen molar-refractivity contribution in [1.82, 2.24) is 24.7 Å². The molecule has 2 aromatic rings. The van der Waals surface area contributed by atoms with Crippen molar-refractivity contribution in [2.75, 3.05) is 32.7 Å². The number of carbonyl (C=O) groups is 1. The van der Waals surface area contributed by atoms with Gasteiger partial charge in [0, 0.05) is 38.6 Å². The van der Waals surface area contributed by atoms with E-state index in [1.54, 1.807) is 0 Å². The van der Waals surface area contributed by atoms with E-state index in [1.807, 2.05) is 23.4 Å². The zero-order valence-electron chi connectivity index (χ0n) is 16.6. The van der Waals surface area contributed by atoms with Gasteiger partial charge in [-0.2, -0.15) is 0 Å². The second kappa shape index (κ2) is 9.24. The molecule has 1 N–H and O–H groups in total. The summed E-state index contributed by atoms with van der Waals surface area (Å²) in [4.78, 5) is 21.5. The molecule has 1 aromatic carbocycles. The van der Waals surface area contributed by atoms with Gasteiger partial charge in [-0.1, -0.05) is 30.3 Å². The van der Waals surface area contributed by atoms with Crippen molar-refractivity contribution in [2.45, 2.75) is 38.8 Å². The summed E-state index contributed by atoms with van der Waals surface area (Å²) in [6.07, 6.45) is 8.54. The van der Waals surface area contributed by atoms with E-state index in [4.69, 9.17) is 0 Å². The minimum absolute atomic E-state index is 0.0431. The smallest absolute Gasteiger partial charge is 0.317 e. The van der Waals surface area contributed by atoms with E-state index in [0.29, 0.717) is 12.5 Å². The largest absolute Gasteiger partial charge is 0.333 e. The number of imidazole rings is 1. The fourth-order valence-corrected chi connectivity index (χ4v) is 4.37. The van der Waals surface area contributed by atoms with Crippen LogP contribution >= 0.6 is 0 Å². The summed E-state index contributed by atoms with van der Waals surface area (Å²) in [5, 5.41) is 3.07. The van der Waals surface area contributed by atoms with Crippen LogP contribution in [0.1, 0.15) is 30.7 Å². The Bertz CT molecular complexity index is 753. The molecule has 1 atom stereocenters. The Labute approximate surface area is 167 Å². The lowest BCUT2D eigenvalue weighted by Crippen LogP contribution is -2.39. The molecule has 4 rings (SSSR count). The van der Waals surface area contributed by atoms with Gasteiger partial charge in [0.05, 0.1) is 6.54 Å². The number of urea groups is 1. The lowest BCUT2D eigenvalue weighted by Gasteiger charge is -2.21. The van der Waals surface area contributed by atoms with Crippen molar-refractivity contribution < 1.29 is 4.79 Å². The third-order valence-electron chi connectivity index (χ3n) is 5.97. The Hall–Kier alpha value is -2.34. The second-order valence-electron chi connectivity index (χ2n) is 8.04. The maximum atomic E-state index is 12.6. The van der Waals surface area contributed by atoms with E-state index >= 15 is 0 Å². The van der Waals surface area contributed by atoms with Gasteiger partial charge in [0.1, 0.15) is 5.82 Å². The summed E-state index contributed by atoms with van der Waals surface area (Å²) in [6, 6.07) is 10.5. The molecule has 1 unspecified atom stereocenters. The Kier molecular flexibility index (Phi) is 6.27. The first-order valence-electron chi connectivity index (χ1n) is 10.6. The highest BCUT2D eigenvalue weighted by Crippen LogP contribution is 2.20. The van der Waals surface area contributed by atoms with Crippen molar-refractivity contribution in [3.8, 4) is 0 Å². The highest BCUT2D eigenvalue weighted by molar-refractivity contribution is 5.74. The number of likely N-dealkylation sites (tertiary alicyclic amines) is 2. The van der Waals surface area contributed by atoms with Crippen LogP contribution in [0.2, 0.25) is 0 Å². The molecule has 150 valence electrons. The minimum atomic E-state index is 0.0431. The summed E-state index contributed by atoms with van der Waals surface area (Å²) in [6.45, 7) is 6.71. The normalized spacial score (nSPS) is 20.0. The summed E-state index contributed by atoms with van der Waals surface area (Å²) in [5.74, 6) is 1.54. The van der Waals surface area contributed by atoms with Gasteiger partial charge in [-0.05, 0) is 50.3 Å². The number of rotatable bonds is 7. The molecular formula is C22H31N5O. The lowest BCUT2D eigenvalue weighted by molar-refractivity contribution is 0.203. The van der Waals surface area contributed by atoms with E-state index in [1.165, 1.54) is 31.5 Å². The Morgan fingerprint density at radius 3 is 2.79 bits per heavy atom. The molecule has 2 saturated heterocycles. The SMILES string of the molecule is O=C(NCc1nccn1CCc1ccccc1)N1CCC(CN2CCCC2)C1. The van der Waals surface area contributed by atoms with Gasteiger partial charge in [0.25, 0.3) is 0 Å². The molecule has 0 saturated carbocycles. The molecular weight excluding hydrogens is 350 g/mol. The van der Waals surface area contributed by atoms with E-state index in [-0.39, 0.29) is 6.03 Å². The molecule has 2 amide bonds. The minimum Gasteiger partial charge on any atom is -0.333 e. The lowest BCUT2D eigenvalue weighted by atomic mass is 10.1. The quantitative estimate of drug-likeness (QED) is 0.802. The molecule has 2 aliphatic heterocycles. The van der Waals surface area contributed by atoms with E-state index in [2.05, 4.69) is 44.0 Å². The second-order valence-corrected chi connectivity index (χ2v) is 8.04. The molecule has 0 bridgehead atoms. The van der Waals surface area contributed by atoms with Gasteiger partial charge in [-0.25, -0.2) is 9.78 Å². The van der Waals surface area contributed by atoms with Crippen LogP contribution < -0.4 is 5.32 Å². The molecule has 0 spiro atoms. The predicted octanol–water partition coefficient (Wildman–Crippen LogP) is 2.75. The number of hydrogen-bond donors (Lipinski definition) is 1. The first kappa shape index (κ1) is 19.0. The highest BCUT2D eigenvalue weighted by atomic mass is 16.2. The van der Waals surface area contributed by atoms with Crippen LogP contribution in [0.5, 0.6) is 0 Å². The molecule has 0 radical (unpaired) electrons. The van der Waals surface area contributed by atoms with Crippen molar-refractivity contribution in [3.63, 3.8) is 0 Å². The Balaban J connectivity index is 1.22. The van der Waals surface area contributed by atoms with Crippen LogP contribution in [0, 0.1) is 5.92 Å².